The monoisotopic (exact) mass is 440 g/mol. The largest absolute Gasteiger partial charge is 0.494 e. The van der Waals surface area contributed by atoms with Crippen LogP contribution in [0.2, 0.25) is 5.02 Å². The Balaban J connectivity index is 1.60. The predicted octanol–water partition coefficient (Wildman–Crippen LogP) is 4.22. The van der Waals surface area contributed by atoms with Crippen LogP contribution >= 0.6 is 11.6 Å². The molecular formula is C23H29ClN6O. The summed E-state index contributed by atoms with van der Waals surface area (Å²) in [7, 11) is 0. The molecule has 0 spiro atoms. The van der Waals surface area contributed by atoms with Crippen molar-refractivity contribution in [1.29, 1.82) is 0 Å². The Morgan fingerprint density at radius 2 is 1.77 bits per heavy atom. The predicted molar refractivity (Wildman–Crippen MR) is 123 cm³/mol. The first kappa shape index (κ1) is 21.6. The fourth-order valence-corrected chi connectivity index (χ4v) is 4.28. The summed E-state index contributed by atoms with van der Waals surface area (Å²) < 4.78 is 7.56. The van der Waals surface area contributed by atoms with Crippen LogP contribution in [-0.2, 0) is 0 Å². The lowest BCUT2D eigenvalue weighted by Crippen LogP contribution is -2.48. The second kappa shape index (κ2) is 9.66. The fourth-order valence-electron chi connectivity index (χ4n) is 4.10. The summed E-state index contributed by atoms with van der Waals surface area (Å²) >= 11 is 6.20. The van der Waals surface area contributed by atoms with Gasteiger partial charge in [-0.1, -0.05) is 29.8 Å². The molecule has 0 unspecified atom stereocenters. The van der Waals surface area contributed by atoms with Crippen LogP contribution in [0, 0.1) is 0 Å². The maximum atomic E-state index is 6.20. The Morgan fingerprint density at radius 3 is 2.42 bits per heavy atom. The Kier molecular flexibility index (Phi) is 6.73. The zero-order valence-corrected chi connectivity index (χ0v) is 19.0. The summed E-state index contributed by atoms with van der Waals surface area (Å²) in [4.78, 5) is 4.84. The Morgan fingerprint density at radius 1 is 1.03 bits per heavy atom. The smallest absolute Gasteiger partial charge is 0.173 e. The van der Waals surface area contributed by atoms with Gasteiger partial charge in [0.05, 0.1) is 18.7 Å². The second-order valence-electron chi connectivity index (χ2n) is 7.98. The van der Waals surface area contributed by atoms with Crippen LogP contribution in [-0.4, -0.2) is 57.9 Å². The van der Waals surface area contributed by atoms with Gasteiger partial charge in [0.25, 0.3) is 0 Å². The van der Waals surface area contributed by atoms with Crippen LogP contribution in [0.5, 0.6) is 5.75 Å². The minimum atomic E-state index is -0.0189. The number of rotatable bonds is 7. The third-order valence-electron chi connectivity index (χ3n) is 5.61. The average molecular weight is 441 g/mol. The molecule has 1 fully saturated rings. The summed E-state index contributed by atoms with van der Waals surface area (Å²) in [5, 5.41) is 13.4. The van der Waals surface area contributed by atoms with Crippen LogP contribution in [0.3, 0.4) is 0 Å². The molecule has 0 saturated carbocycles. The standard InChI is InChI=1S/C23H29ClN6O/c1-4-31-21-10-8-18(9-11-21)22(23-25-26-27-30(23)17(2)3)29-14-12-28(13-15-29)20-7-5-6-19(24)16-20/h5-11,16-17,22H,4,12-15H2,1-3H3/t22-/m1/s1. The van der Waals surface area contributed by atoms with Crippen molar-refractivity contribution in [1.82, 2.24) is 25.1 Å². The number of piperazine rings is 1. The van der Waals surface area contributed by atoms with E-state index in [1.807, 2.05) is 41.9 Å². The normalized spacial score (nSPS) is 16.0. The lowest BCUT2D eigenvalue weighted by molar-refractivity contribution is 0.199. The fraction of sp³-hybridized carbons (Fsp3) is 0.435. The highest BCUT2D eigenvalue weighted by Gasteiger charge is 2.31. The van der Waals surface area contributed by atoms with Gasteiger partial charge in [-0.25, -0.2) is 4.68 Å². The third-order valence-corrected chi connectivity index (χ3v) is 5.85. The van der Waals surface area contributed by atoms with E-state index in [1.54, 1.807) is 0 Å². The van der Waals surface area contributed by atoms with Crippen molar-refractivity contribution in [3.05, 3.63) is 64.9 Å². The minimum Gasteiger partial charge on any atom is -0.494 e. The number of hydrogen-bond donors (Lipinski definition) is 0. The van der Waals surface area contributed by atoms with E-state index in [4.69, 9.17) is 16.3 Å². The summed E-state index contributed by atoms with van der Waals surface area (Å²) in [6.07, 6.45) is 0. The number of hydrogen-bond acceptors (Lipinski definition) is 6. The number of benzene rings is 2. The molecule has 164 valence electrons. The van der Waals surface area contributed by atoms with Crippen LogP contribution in [0.1, 0.15) is 44.2 Å². The van der Waals surface area contributed by atoms with Crippen molar-refractivity contribution in [2.45, 2.75) is 32.9 Å². The van der Waals surface area contributed by atoms with Crippen LogP contribution in [0.4, 0.5) is 5.69 Å². The topological polar surface area (TPSA) is 59.3 Å². The van der Waals surface area contributed by atoms with E-state index in [2.05, 4.69) is 57.4 Å². The first-order valence-electron chi connectivity index (χ1n) is 10.8. The average Bonchev–Trinajstić information content (AvgIpc) is 3.26. The van der Waals surface area contributed by atoms with Crippen LogP contribution in [0.25, 0.3) is 0 Å². The molecule has 2 heterocycles. The van der Waals surface area contributed by atoms with E-state index in [1.165, 1.54) is 0 Å². The molecule has 0 radical (unpaired) electrons. The maximum Gasteiger partial charge on any atom is 0.173 e. The molecule has 1 atom stereocenters. The zero-order valence-electron chi connectivity index (χ0n) is 18.3. The third kappa shape index (κ3) is 4.83. The van der Waals surface area contributed by atoms with Gasteiger partial charge in [-0.15, -0.1) is 5.10 Å². The zero-order chi connectivity index (χ0) is 21.8. The highest BCUT2D eigenvalue weighted by molar-refractivity contribution is 6.30. The number of nitrogens with zero attached hydrogens (tertiary/aromatic N) is 6. The summed E-state index contributed by atoms with van der Waals surface area (Å²) in [6, 6.07) is 16.5. The van der Waals surface area contributed by atoms with Crippen molar-refractivity contribution in [2.75, 3.05) is 37.7 Å². The lowest BCUT2D eigenvalue weighted by Gasteiger charge is -2.40. The van der Waals surface area contributed by atoms with Crippen molar-refractivity contribution in [3.8, 4) is 5.75 Å². The van der Waals surface area contributed by atoms with Crippen molar-refractivity contribution < 1.29 is 4.74 Å². The molecule has 0 N–H and O–H groups in total. The molecule has 3 aromatic rings. The summed E-state index contributed by atoms with van der Waals surface area (Å²) in [5.41, 5.74) is 2.33. The van der Waals surface area contributed by atoms with Gasteiger partial charge in [0.2, 0.25) is 0 Å². The summed E-state index contributed by atoms with van der Waals surface area (Å²) in [5.74, 6) is 1.74. The molecule has 0 bridgehead atoms. The van der Waals surface area contributed by atoms with E-state index in [0.29, 0.717) is 6.61 Å². The van der Waals surface area contributed by atoms with Crippen molar-refractivity contribution >= 4 is 17.3 Å². The Hall–Kier alpha value is -2.64. The van der Waals surface area contributed by atoms with Crippen molar-refractivity contribution in [2.24, 2.45) is 0 Å². The molecule has 4 rings (SSSR count). The van der Waals surface area contributed by atoms with E-state index >= 15 is 0 Å². The quantitative estimate of drug-likeness (QED) is 0.548. The van der Waals surface area contributed by atoms with Gasteiger partial charge in [0, 0.05) is 36.9 Å². The van der Waals surface area contributed by atoms with Crippen LogP contribution in [0.15, 0.2) is 48.5 Å². The Labute approximate surface area is 188 Å². The molecule has 1 aliphatic heterocycles. The molecule has 0 amide bonds. The number of anilines is 1. The van der Waals surface area contributed by atoms with E-state index in [0.717, 1.165) is 54.0 Å². The van der Waals surface area contributed by atoms with Gasteiger partial charge in [-0.3, -0.25) is 4.90 Å². The molecular weight excluding hydrogens is 412 g/mol. The number of aromatic nitrogens is 4. The lowest BCUT2D eigenvalue weighted by atomic mass is 10.0. The second-order valence-corrected chi connectivity index (χ2v) is 8.42. The van der Waals surface area contributed by atoms with E-state index < -0.39 is 0 Å². The van der Waals surface area contributed by atoms with Gasteiger partial charge in [-0.2, -0.15) is 0 Å². The van der Waals surface area contributed by atoms with Crippen LogP contribution < -0.4 is 9.64 Å². The molecule has 2 aromatic carbocycles. The highest BCUT2D eigenvalue weighted by atomic mass is 35.5. The highest BCUT2D eigenvalue weighted by Crippen LogP contribution is 2.31. The molecule has 1 aliphatic rings. The molecule has 7 nitrogen and oxygen atoms in total. The van der Waals surface area contributed by atoms with Crippen molar-refractivity contribution in [3.63, 3.8) is 0 Å². The molecule has 1 aromatic heterocycles. The van der Waals surface area contributed by atoms with Gasteiger partial charge >= 0.3 is 0 Å². The first-order valence-corrected chi connectivity index (χ1v) is 11.2. The molecule has 8 heteroatoms. The Bertz CT molecular complexity index is 982. The van der Waals surface area contributed by atoms with Gasteiger partial charge in [-0.05, 0) is 67.1 Å². The van der Waals surface area contributed by atoms with Gasteiger partial charge < -0.3 is 9.64 Å². The minimum absolute atomic E-state index is 0.0189. The summed E-state index contributed by atoms with van der Waals surface area (Å²) in [6.45, 7) is 10.5. The SMILES string of the molecule is CCOc1ccc([C@H](c2nnnn2C(C)C)N2CCN(c3cccc(Cl)c3)CC2)cc1. The molecule has 1 saturated heterocycles. The molecule has 0 aliphatic carbocycles. The van der Waals surface area contributed by atoms with E-state index in [-0.39, 0.29) is 12.1 Å². The van der Waals surface area contributed by atoms with Gasteiger partial charge in [0.15, 0.2) is 5.82 Å². The molecule has 31 heavy (non-hydrogen) atoms. The number of ether oxygens (including phenoxy) is 1. The van der Waals surface area contributed by atoms with Gasteiger partial charge in [0.1, 0.15) is 5.75 Å². The number of tetrazole rings is 1. The maximum absolute atomic E-state index is 6.20. The number of halogens is 1. The van der Waals surface area contributed by atoms with E-state index in [9.17, 15) is 0 Å². The first-order chi connectivity index (χ1) is 15.1.